The molecule has 2 amide bonds. The molecule has 0 fully saturated rings. The summed E-state index contributed by atoms with van der Waals surface area (Å²) in [5.41, 5.74) is 4.48. The van der Waals surface area contributed by atoms with Gasteiger partial charge in [0, 0.05) is 35.8 Å². The Balaban J connectivity index is 1.64. The number of carbonyl (C=O) groups is 2. The molecule has 0 saturated carbocycles. The number of hydrogen-bond acceptors (Lipinski definition) is 4. The van der Waals surface area contributed by atoms with Gasteiger partial charge in [-0.3, -0.25) is 19.7 Å². The van der Waals surface area contributed by atoms with Crippen molar-refractivity contribution in [3.8, 4) is 0 Å². The first-order chi connectivity index (χ1) is 12.9. The van der Waals surface area contributed by atoms with Crippen molar-refractivity contribution >= 4 is 28.9 Å². The lowest BCUT2D eigenvalue weighted by atomic mass is 9.91. The van der Waals surface area contributed by atoms with Gasteiger partial charge in [0.15, 0.2) is 0 Å². The van der Waals surface area contributed by atoms with Crippen molar-refractivity contribution in [3.63, 3.8) is 0 Å². The number of hydrogen-bond donors (Lipinski definition) is 1. The fraction of sp³-hybridized carbons (Fsp3) is 0.300. The van der Waals surface area contributed by atoms with Gasteiger partial charge in [0.1, 0.15) is 0 Å². The molecule has 0 unspecified atom stereocenters. The maximum Gasteiger partial charge on any atom is 0.273 e. The number of nitrogens with zero attached hydrogens (tertiary/aromatic N) is 2. The van der Waals surface area contributed by atoms with Crippen LogP contribution in [-0.2, 0) is 17.6 Å². The largest absolute Gasteiger partial charge is 0.322 e. The van der Waals surface area contributed by atoms with Crippen LogP contribution in [0.15, 0.2) is 30.3 Å². The van der Waals surface area contributed by atoms with E-state index < -0.39 is 4.92 Å². The second-order valence-corrected chi connectivity index (χ2v) is 7.00. The summed E-state index contributed by atoms with van der Waals surface area (Å²) in [6.45, 7) is 2.39. The predicted octanol–water partition coefficient (Wildman–Crippen LogP) is 3.38. The van der Waals surface area contributed by atoms with Crippen molar-refractivity contribution in [2.24, 2.45) is 0 Å². The fourth-order valence-corrected chi connectivity index (χ4v) is 3.88. The van der Waals surface area contributed by atoms with E-state index in [-0.39, 0.29) is 23.1 Å². The number of nitro groups is 1. The zero-order chi connectivity index (χ0) is 19.1. The molecule has 2 aromatic carbocycles. The van der Waals surface area contributed by atoms with E-state index in [1.807, 2.05) is 17.0 Å². The first-order valence-corrected chi connectivity index (χ1v) is 8.96. The van der Waals surface area contributed by atoms with Crippen molar-refractivity contribution in [2.45, 2.75) is 32.6 Å². The van der Waals surface area contributed by atoms with E-state index in [1.165, 1.54) is 6.07 Å². The molecule has 138 valence electrons. The Kier molecular flexibility index (Phi) is 4.14. The van der Waals surface area contributed by atoms with Crippen LogP contribution >= 0.6 is 0 Å². The molecule has 2 heterocycles. The fourth-order valence-electron chi connectivity index (χ4n) is 3.88. The highest BCUT2D eigenvalue weighted by molar-refractivity contribution is 6.05. The minimum Gasteiger partial charge on any atom is -0.322 e. The molecule has 0 aromatic heterocycles. The number of aryl methyl sites for hydroxylation is 3. The summed E-state index contributed by atoms with van der Waals surface area (Å²) in [7, 11) is 0. The standard InChI is InChI=1S/C20H19N3O4/c1-12-4-5-15(11-17(12)23(26)27)20(25)21-16-9-13-3-2-8-22-18(24)7-6-14(10-16)19(13)22/h4-5,9-11H,2-3,6-8H2,1H3,(H,21,25). The van der Waals surface area contributed by atoms with Crippen LogP contribution in [0.3, 0.4) is 0 Å². The lowest BCUT2D eigenvalue weighted by molar-refractivity contribution is -0.385. The number of carbonyl (C=O) groups excluding carboxylic acids is 2. The Morgan fingerprint density at radius 3 is 2.63 bits per heavy atom. The van der Waals surface area contributed by atoms with Crippen molar-refractivity contribution in [3.05, 3.63) is 62.7 Å². The van der Waals surface area contributed by atoms with Crippen LogP contribution in [0, 0.1) is 17.0 Å². The van der Waals surface area contributed by atoms with Gasteiger partial charge >= 0.3 is 0 Å². The molecule has 0 atom stereocenters. The zero-order valence-corrected chi connectivity index (χ0v) is 14.9. The van der Waals surface area contributed by atoms with E-state index in [0.29, 0.717) is 24.1 Å². The second-order valence-electron chi connectivity index (χ2n) is 7.00. The summed E-state index contributed by atoms with van der Waals surface area (Å²) < 4.78 is 0. The van der Waals surface area contributed by atoms with Crippen LogP contribution in [0.4, 0.5) is 17.1 Å². The molecule has 2 aliphatic heterocycles. The van der Waals surface area contributed by atoms with Crippen LogP contribution in [0.2, 0.25) is 0 Å². The molecule has 0 spiro atoms. The summed E-state index contributed by atoms with van der Waals surface area (Å²) in [5, 5.41) is 14.0. The van der Waals surface area contributed by atoms with E-state index in [1.54, 1.807) is 19.1 Å². The van der Waals surface area contributed by atoms with Gasteiger partial charge in [-0.25, -0.2) is 0 Å². The van der Waals surface area contributed by atoms with E-state index in [4.69, 9.17) is 0 Å². The zero-order valence-electron chi connectivity index (χ0n) is 14.9. The summed E-state index contributed by atoms with van der Waals surface area (Å²) in [6.07, 6.45) is 2.91. The Hall–Kier alpha value is -3.22. The van der Waals surface area contributed by atoms with E-state index in [2.05, 4.69) is 5.32 Å². The molecule has 1 N–H and O–H groups in total. The topological polar surface area (TPSA) is 92.6 Å². The molecule has 0 aliphatic carbocycles. The van der Waals surface area contributed by atoms with Crippen LogP contribution in [0.5, 0.6) is 0 Å². The number of rotatable bonds is 3. The van der Waals surface area contributed by atoms with Gasteiger partial charge in [-0.15, -0.1) is 0 Å². The monoisotopic (exact) mass is 365 g/mol. The quantitative estimate of drug-likeness (QED) is 0.667. The second kappa shape index (κ2) is 6.50. The van der Waals surface area contributed by atoms with E-state index >= 15 is 0 Å². The average molecular weight is 365 g/mol. The Bertz CT molecular complexity index is 966. The predicted molar refractivity (Wildman–Crippen MR) is 101 cm³/mol. The minimum absolute atomic E-state index is 0.0719. The first-order valence-electron chi connectivity index (χ1n) is 8.96. The molecule has 0 saturated heterocycles. The summed E-state index contributed by atoms with van der Waals surface area (Å²) in [5.74, 6) is -0.225. The molecule has 0 bridgehead atoms. The molecule has 27 heavy (non-hydrogen) atoms. The van der Waals surface area contributed by atoms with Gasteiger partial charge in [-0.1, -0.05) is 6.07 Å². The molecule has 0 radical (unpaired) electrons. The minimum atomic E-state index is -0.485. The lowest BCUT2D eigenvalue weighted by Crippen LogP contribution is -2.39. The number of nitrogens with one attached hydrogen (secondary N) is 1. The van der Waals surface area contributed by atoms with Crippen molar-refractivity contribution in [1.29, 1.82) is 0 Å². The number of amides is 2. The van der Waals surface area contributed by atoms with Gasteiger partial charge < -0.3 is 10.2 Å². The third kappa shape index (κ3) is 3.05. The number of benzene rings is 2. The van der Waals surface area contributed by atoms with Crippen molar-refractivity contribution in [1.82, 2.24) is 0 Å². The third-order valence-electron chi connectivity index (χ3n) is 5.20. The SMILES string of the molecule is Cc1ccc(C(=O)Nc2cc3c4c(c2)CCC(=O)N4CCC3)cc1[N+](=O)[O-]. The summed E-state index contributed by atoms with van der Waals surface area (Å²) in [6, 6.07) is 8.27. The van der Waals surface area contributed by atoms with Crippen LogP contribution in [0.1, 0.15) is 39.9 Å². The van der Waals surface area contributed by atoms with E-state index in [0.717, 1.165) is 36.2 Å². The molecular weight excluding hydrogens is 346 g/mol. The third-order valence-corrected chi connectivity index (χ3v) is 5.20. The highest BCUT2D eigenvalue weighted by atomic mass is 16.6. The first kappa shape index (κ1) is 17.2. The highest BCUT2D eigenvalue weighted by Crippen LogP contribution is 2.38. The smallest absolute Gasteiger partial charge is 0.273 e. The number of nitro benzene ring substituents is 1. The Labute approximate surface area is 156 Å². The van der Waals surface area contributed by atoms with Gasteiger partial charge in [0.25, 0.3) is 11.6 Å². The highest BCUT2D eigenvalue weighted by Gasteiger charge is 2.29. The van der Waals surface area contributed by atoms with Gasteiger partial charge in [-0.05, 0) is 55.5 Å². The van der Waals surface area contributed by atoms with E-state index in [9.17, 15) is 19.7 Å². The van der Waals surface area contributed by atoms with Crippen LogP contribution < -0.4 is 10.2 Å². The molecule has 7 nitrogen and oxygen atoms in total. The lowest BCUT2D eigenvalue weighted by Gasteiger charge is -2.35. The molecular formula is C20H19N3O4. The molecule has 4 rings (SSSR count). The summed E-state index contributed by atoms with van der Waals surface area (Å²) in [4.78, 5) is 37.2. The summed E-state index contributed by atoms with van der Waals surface area (Å²) >= 11 is 0. The molecule has 2 aliphatic rings. The normalized spacial score (nSPS) is 15.3. The molecule has 7 heteroatoms. The van der Waals surface area contributed by atoms with Gasteiger partial charge in [-0.2, -0.15) is 0 Å². The van der Waals surface area contributed by atoms with Crippen molar-refractivity contribution in [2.75, 3.05) is 16.8 Å². The van der Waals surface area contributed by atoms with Crippen LogP contribution in [0.25, 0.3) is 0 Å². The van der Waals surface area contributed by atoms with Crippen molar-refractivity contribution < 1.29 is 14.5 Å². The number of anilines is 2. The Morgan fingerprint density at radius 2 is 1.89 bits per heavy atom. The van der Waals surface area contributed by atoms with Crippen LogP contribution in [-0.4, -0.2) is 23.3 Å². The van der Waals surface area contributed by atoms with Gasteiger partial charge in [0.05, 0.1) is 10.6 Å². The maximum absolute atomic E-state index is 12.6. The average Bonchev–Trinajstić information content (AvgIpc) is 2.64. The van der Waals surface area contributed by atoms with Gasteiger partial charge in [0.2, 0.25) is 5.91 Å². The maximum atomic E-state index is 12.6. The molecule has 2 aromatic rings. The Morgan fingerprint density at radius 1 is 1.15 bits per heavy atom.